The number of aryl methyl sites for hydroxylation is 1. The van der Waals surface area contributed by atoms with Gasteiger partial charge in [0.05, 0.1) is 25.5 Å². The molecule has 0 amide bonds. The van der Waals surface area contributed by atoms with Gasteiger partial charge in [-0.15, -0.1) is 0 Å². The molecule has 3 rings (SSSR count). The fourth-order valence-corrected chi connectivity index (χ4v) is 2.85. The highest BCUT2D eigenvalue weighted by Gasteiger charge is 2.05. The van der Waals surface area contributed by atoms with Crippen molar-refractivity contribution in [3.8, 4) is 11.4 Å². The average Bonchev–Trinajstić information content (AvgIpc) is 3.20. The molecule has 1 aromatic heterocycles. The second kappa shape index (κ2) is 9.60. The van der Waals surface area contributed by atoms with Crippen molar-refractivity contribution in [2.45, 2.75) is 26.9 Å². The average molecular weight is 377 g/mol. The molecule has 0 unspecified atom stereocenters. The van der Waals surface area contributed by atoms with Gasteiger partial charge in [0.1, 0.15) is 5.75 Å². The molecule has 1 heterocycles. The predicted molar refractivity (Wildman–Crippen MR) is 113 cm³/mol. The molecule has 0 radical (unpaired) electrons. The minimum atomic E-state index is 0.549. The normalized spacial score (nSPS) is 11.3. The molecule has 28 heavy (non-hydrogen) atoms. The Morgan fingerprint density at radius 3 is 2.71 bits per heavy atom. The second-order valence-electron chi connectivity index (χ2n) is 6.49. The Morgan fingerprint density at radius 2 is 1.96 bits per heavy atom. The summed E-state index contributed by atoms with van der Waals surface area (Å²) in [6, 6.07) is 16.3. The first-order chi connectivity index (χ1) is 13.7. The molecule has 0 aliphatic carbocycles. The third-order valence-corrected chi connectivity index (χ3v) is 4.31. The molecule has 0 aliphatic rings. The number of para-hydroxylation sites is 1. The summed E-state index contributed by atoms with van der Waals surface area (Å²) in [6.45, 7) is 6.09. The van der Waals surface area contributed by atoms with Crippen molar-refractivity contribution in [1.82, 2.24) is 20.4 Å². The molecular weight excluding hydrogens is 350 g/mol. The molecule has 0 spiro atoms. The van der Waals surface area contributed by atoms with Crippen LogP contribution in [-0.2, 0) is 13.1 Å². The first-order valence-corrected chi connectivity index (χ1v) is 9.44. The number of aromatic nitrogens is 2. The lowest BCUT2D eigenvalue weighted by atomic mass is 10.1. The molecule has 6 nitrogen and oxygen atoms in total. The van der Waals surface area contributed by atoms with Gasteiger partial charge in [-0.25, -0.2) is 9.67 Å². The number of nitrogens with zero attached hydrogens (tertiary/aromatic N) is 3. The van der Waals surface area contributed by atoms with Crippen LogP contribution in [0.2, 0.25) is 0 Å². The highest BCUT2D eigenvalue weighted by Crippen LogP contribution is 2.19. The number of hydrogen-bond acceptors (Lipinski definition) is 3. The van der Waals surface area contributed by atoms with Gasteiger partial charge in [-0.05, 0) is 37.6 Å². The Labute approximate surface area is 166 Å². The molecule has 0 saturated carbocycles. The van der Waals surface area contributed by atoms with Crippen molar-refractivity contribution >= 4 is 5.96 Å². The second-order valence-corrected chi connectivity index (χ2v) is 6.49. The monoisotopic (exact) mass is 377 g/mol. The minimum Gasteiger partial charge on any atom is -0.496 e. The van der Waals surface area contributed by atoms with Gasteiger partial charge in [-0.3, -0.25) is 0 Å². The fraction of sp³-hybridized carbons (Fsp3) is 0.273. The van der Waals surface area contributed by atoms with Crippen LogP contribution in [0.1, 0.15) is 23.6 Å². The van der Waals surface area contributed by atoms with Crippen LogP contribution in [0, 0.1) is 6.92 Å². The smallest absolute Gasteiger partial charge is 0.191 e. The summed E-state index contributed by atoms with van der Waals surface area (Å²) in [6.07, 6.45) is 3.86. The van der Waals surface area contributed by atoms with E-state index in [1.165, 1.54) is 5.56 Å². The van der Waals surface area contributed by atoms with E-state index in [0.717, 1.165) is 35.1 Å². The number of hydrogen-bond donors (Lipinski definition) is 2. The summed E-state index contributed by atoms with van der Waals surface area (Å²) in [7, 11) is 1.70. The summed E-state index contributed by atoms with van der Waals surface area (Å²) in [5.41, 5.74) is 4.36. The number of nitrogens with one attached hydrogen (secondary N) is 2. The van der Waals surface area contributed by atoms with Gasteiger partial charge in [0, 0.05) is 30.4 Å². The van der Waals surface area contributed by atoms with Crippen molar-refractivity contribution < 1.29 is 4.74 Å². The molecule has 2 aromatic carbocycles. The van der Waals surface area contributed by atoms with Gasteiger partial charge in [0.25, 0.3) is 0 Å². The highest BCUT2D eigenvalue weighted by molar-refractivity contribution is 5.79. The van der Waals surface area contributed by atoms with Crippen LogP contribution >= 0.6 is 0 Å². The Balaban J connectivity index is 1.65. The highest BCUT2D eigenvalue weighted by atomic mass is 16.5. The summed E-state index contributed by atoms with van der Waals surface area (Å²) >= 11 is 0. The third-order valence-electron chi connectivity index (χ3n) is 4.31. The largest absolute Gasteiger partial charge is 0.496 e. The maximum Gasteiger partial charge on any atom is 0.191 e. The van der Waals surface area contributed by atoms with Gasteiger partial charge in [-0.1, -0.05) is 30.3 Å². The van der Waals surface area contributed by atoms with Crippen LogP contribution in [-0.4, -0.2) is 29.4 Å². The van der Waals surface area contributed by atoms with Crippen molar-refractivity contribution in [3.05, 3.63) is 77.6 Å². The van der Waals surface area contributed by atoms with Crippen LogP contribution in [0.4, 0.5) is 0 Å². The molecular formula is C22H27N5O. The summed E-state index contributed by atoms with van der Waals surface area (Å²) < 4.78 is 7.34. The zero-order valence-electron chi connectivity index (χ0n) is 16.6. The Bertz CT molecular complexity index is 918. The van der Waals surface area contributed by atoms with Crippen molar-refractivity contribution in [1.29, 1.82) is 0 Å². The van der Waals surface area contributed by atoms with E-state index in [2.05, 4.69) is 46.7 Å². The van der Waals surface area contributed by atoms with Crippen LogP contribution in [0.25, 0.3) is 5.69 Å². The lowest BCUT2D eigenvalue weighted by molar-refractivity contribution is 0.408. The van der Waals surface area contributed by atoms with Gasteiger partial charge in [-0.2, -0.15) is 5.10 Å². The lowest BCUT2D eigenvalue weighted by Crippen LogP contribution is -2.36. The van der Waals surface area contributed by atoms with E-state index in [9.17, 15) is 0 Å². The van der Waals surface area contributed by atoms with Crippen LogP contribution in [0.15, 0.2) is 65.9 Å². The van der Waals surface area contributed by atoms with Crippen molar-refractivity contribution in [2.24, 2.45) is 4.99 Å². The van der Waals surface area contributed by atoms with Crippen LogP contribution in [0.3, 0.4) is 0 Å². The SMILES string of the molecule is CCNC(=NCc1cnn(-c2ccccc2)c1)NCc1ccc(C)cc1OC. The van der Waals surface area contributed by atoms with Crippen LogP contribution < -0.4 is 15.4 Å². The van der Waals surface area contributed by atoms with Gasteiger partial charge < -0.3 is 15.4 Å². The van der Waals surface area contributed by atoms with Gasteiger partial charge in [0.15, 0.2) is 5.96 Å². The molecule has 6 heteroatoms. The maximum atomic E-state index is 5.48. The molecule has 3 aromatic rings. The Hall–Kier alpha value is -3.28. The third kappa shape index (κ3) is 5.13. The number of rotatable bonds is 7. The first-order valence-electron chi connectivity index (χ1n) is 9.44. The van der Waals surface area contributed by atoms with Gasteiger partial charge in [0.2, 0.25) is 0 Å². The van der Waals surface area contributed by atoms with E-state index < -0.39 is 0 Å². The minimum absolute atomic E-state index is 0.549. The van der Waals surface area contributed by atoms with Gasteiger partial charge >= 0.3 is 0 Å². The summed E-state index contributed by atoms with van der Waals surface area (Å²) in [5.74, 6) is 1.64. The van der Waals surface area contributed by atoms with E-state index in [1.807, 2.05) is 53.5 Å². The van der Waals surface area contributed by atoms with E-state index in [-0.39, 0.29) is 0 Å². The number of guanidine groups is 1. The van der Waals surface area contributed by atoms with E-state index in [1.54, 1.807) is 7.11 Å². The van der Waals surface area contributed by atoms with Crippen molar-refractivity contribution in [3.63, 3.8) is 0 Å². The number of methoxy groups -OCH3 is 1. The predicted octanol–water partition coefficient (Wildman–Crippen LogP) is 3.44. The number of benzene rings is 2. The Kier molecular flexibility index (Phi) is 6.68. The quantitative estimate of drug-likeness (QED) is 0.489. The number of aliphatic imine (C=N–C) groups is 1. The van der Waals surface area contributed by atoms with E-state index >= 15 is 0 Å². The molecule has 0 bridgehead atoms. The maximum absolute atomic E-state index is 5.48. The van der Waals surface area contributed by atoms with E-state index in [0.29, 0.717) is 13.1 Å². The topological polar surface area (TPSA) is 63.5 Å². The zero-order valence-corrected chi connectivity index (χ0v) is 16.6. The molecule has 2 N–H and O–H groups in total. The zero-order chi connectivity index (χ0) is 19.8. The fourth-order valence-electron chi connectivity index (χ4n) is 2.85. The lowest BCUT2D eigenvalue weighted by Gasteiger charge is -2.13. The molecule has 146 valence electrons. The summed E-state index contributed by atoms with van der Waals surface area (Å²) in [4.78, 5) is 4.68. The first kappa shape index (κ1) is 19.5. The van der Waals surface area contributed by atoms with Crippen LogP contribution in [0.5, 0.6) is 5.75 Å². The number of ether oxygens (including phenoxy) is 1. The molecule has 0 atom stereocenters. The Morgan fingerprint density at radius 1 is 1.14 bits per heavy atom. The van der Waals surface area contributed by atoms with E-state index in [4.69, 9.17) is 4.74 Å². The van der Waals surface area contributed by atoms with Crippen molar-refractivity contribution in [2.75, 3.05) is 13.7 Å². The molecule has 0 fully saturated rings. The molecule has 0 aliphatic heterocycles. The standard InChI is InChI=1S/C22H27N5O/c1-4-23-22(25-15-19-11-10-17(2)12-21(19)28-3)24-13-18-14-26-27(16-18)20-8-6-5-7-9-20/h5-12,14,16H,4,13,15H2,1-3H3,(H2,23,24,25). The summed E-state index contributed by atoms with van der Waals surface area (Å²) in [5, 5.41) is 11.1. The molecule has 0 saturated heterocycles.